The molecule has 0 unspecified atom stereocenters. The number of carbonyl (C=O) groups excluding carboxylic acids is 2. The zero-order chi connectivity index (χ0) is 18.3. The lowest BCUT2D eigenvalue weighted by atomic mass is 9.85. The van der Waals surface area contributed by atoms with E-state index in [1.165, 1.54) is 0 Å². The Labute approximate surface area is 149 Å². The number of rotatable bonds is 6. The molecule has 1 fully saturated rings. The van der Waals surface area contributed by atoms with Crippen LogP contribution in [0.3, 0.4) is 0 Å². The molecule has 1 aliphatic carbocycles. The van der Waals surface area contributed by atoms with Crippen molar-refractivity contribution >= 4 is 18.0 Å². The second-order valence-electron chi connectivity index (χ2n) is 6.09. The van der Waals surface area contributed by atoms with Crippen LogP contribution >= 0.6 is 0 Å². The van der Waals surface area contributed by atoms with Gasteiger partial charge in [-0.05, 0) is 49.8 Å². The lowest BCUT2D eigenvalue weighted by Gasteiger charge is -2.23. The van der Waals surface area contributed by atoms with Gasteiger partial charge in [0.05, 0.1) is 13.2 Å². The molecule has 25 heavy (non-hydrogen) atoms. The Balaban J connectivity index is 2.46. The molecular weight excluding hydrogens is 316 g/mol. The van der Waals surface area contributed by atoms with Gasteiger partial charge < -0.3 is 9.47 Å². The van der Waals surface area contributed by atoms with Crippen LogP contribution in [0.25, 0.3) is 6.08 Å². The highest BCUT2D eigenvalue weighted by molar-refractivity contribution is 6.02. The zero-order valence-corrected chi connectivity index (χ0v) is 15.2. The Hall–Kier alpha value is -2.36. The number of allylic oxidation sites excluding steroid dienone is 3. The van der Waals surface area contributed by atoms with Crippen molar-refractivity contribution in [1.82, 2.24) is 0 Å². The van der Waals surface area contributed by atoms with Crippen LogP contribution in [0.4, 0.5) is 0 Å². The van der Waals surface area contributed by atoms with E-state index in [9.17, 15) is 9.59 Å². The molecule has 0 aliphatic heterocycles. The Morgan fingerprint density at radius 3 is 2.04 bits per heavy atom. The highest BCUT2D eigenvalue weighted by atomic mass is 16.6. The van der Waals surface area contributed by atoms with Crippen molar-refractivity contribution in [2.45, 2.75) is 40.0 Å². The minimum absolute atomic E-state index is 0.241. The van der Waals surface area contributed by atoms with Gasteiger partial charge in [0.1, 0.15) is 0 Å². The van der Waals surface area contributed by atoms with Crippen LogP contribution in [-0.4, -0.2) is 25.2 Å². The molecule has 134 valence electrons. The molecule has 2 rings (SSSR count). The van der Waals surface area contributed by atoms with E-state index in [0.717, 1.165) is 23.1 Å². The van der Waals surface area contributed by atoms with Crippen molar-refractivity contribution in [2.75, 3.05) is 13.2 Å². The van der Waals surface area contributed by atoms with Crippen LogP contribution in [0.1, 0.15) is 45.6 Å². The minimum atomic E-state index is -1.27. The Morgan fingerprint density at radius 2 is 1.52 bits per heavy atom. The second kappa shape index (κ2) is 8.65. The summed E-state index contributed by atoms with van der Waals surface area (Å²) >= 11 is 0. The van der Waals surface area contributed by atoms with Gasteiger partial charge in [0.2, 0.25) is 0 Å². The van der Waals surface area contributed by atoms with Crippen LogP contribution in [0, 0.1) is 5.41 Å². The lowest BCUT2D eigenvalue weighted by molar-refractivity contribution is -0.171. The van der Waals surface area contributed by atoms with E-state index < -0.39 is 17.4 Å². The van der Waals surface area contributed by atoms with Gasteiger partial charge in [-0.2, -0.15) is 0 Å². The smallest absolute Gasteiger partial charge is 0.324 e. The molecule has 1 saturated carbocycles. The summed E-state index contributed by atoms with van der Waals surface area (Å²) < 4.78 is 10.5. The maximum absolute atomic E-state index is 12.7. The monoisotopic (exact) mass is 342 g/mol. The van der Waals surface area contributed by atoms with E-state index in [0.29, 0.717) is 12.8 Å². The largest absolute Gasteiger partial charge is 0.465 e. The van der Waals surface area contributed by atoms with E-state index in [4.69, 9.17) is 9.47 Å². The van der Waals surface area contributed by atoms with E-state index in [-0.39, 0.29) is 13.2 Å². The zero-order valence-electron chi connectivity index (χ0n) is 15.2. The Kier molecular flexibility index (Phi) is 6.57. The average molecular weight is 342 g/mol. The number of hydrogen-bond acceptors (Lipinski definition) is 4. The fourth-order valence-electron chi connectivity index (χ4n) is 3.19. The summed E-state index contributed by atoms with van der Waals surface area (Å²) in [7, 11) is 0. The lowest BCUT2D eigenvalue weighted by Crippen LogP contribution is -2.39. The summed E-state index contributed by atoms with van der Waals surface area (Å²) in [6, 6.07) is 9.90. The summed E-state index contributed by atoms with van der Waals surface area (Å²) in [5.41, 5.74) is 1.79. The molecule has 0 aromatic heterocycles. The SMILES string of the molecule is CC/C=C1\CC(C(=O)OCC)(C(=O)OCC)C\C1=C\c1ccccc1. The normalized spacial score (nSPS) is 19.2. The van der Waals surface area contributed by atoms with Crippen LogP contribution < -0.4 is 0 Å². The van der Waals surface area contributed by atoms with Crippen LogP contribution in [0.2, 0.25) is 0 Å². The Morgan fingerprint density at radius 1 is 0.960 bits per heavy atom. The molecule has 0 N–H and O–H groups in total. The summed E-state index contributed by atoms with van der Waals surface area (Å²) in [4.78, 5) is 25.3. The molecule has 0 heterocycles. The molecular formula is C21H26O4. The third kappa shape index (κ3) is 4.19. The summed E-state index contributed by atoms with van der Waals surface area (Å²) in [5, 5.41) is 0. The van der Waals surface area contributed by atoms with Gasteiger partial charge in [0.15, 0.2) is 5.41 Å². The first-order valence-electron chi connectivity index (χ1n) is 8.86. The number of carbonyl (C=O) groups is 2. The number of benzene rings is 1. The van der Waals surface area contributed by atoms with Crippen molar-refractivity contribution in [3.63, 3.8) is 0 Å². The molecule has 4 heteroatoms. The maximum atomic E-state index is 12.7. The summed E-state index contributed by atoms with van der Waals surface area (Å²) in [6.45, 7) is 6.02. The first kappa shape index (κ1) is 19.0. The number of esters is 2. The molecule has 0 saturated heterocycles. The molecule has 0 bridgehead atoms. The van der Waals surface area contributed by atoms with Crippen molar-refractivity contribution < 1.29 is 19.1 Å². The van der Waals surface area contributed by atoms with Crippen LogP contribution in [-0.2, 0) is 19.1 Å². The summed E-state index contributed by atoms with van der Waals surface area (Å²) in [6.07, 6.45) is 5.60. The number of ether oxygens (including phenoxy) is 2. The van der Waals surface area contributed by atoms with Crippen molar-refractivity contribution in [3.8, 4) is 0 Å². The molecule has 0 atom stereocenters. The fourth-order valence-corrected chi connectivity index (χ4v) is 3.19. The number of hydrogen-bond donors (Lipinski definition) is 0. The first-order chi connectivity index (χ1) is 12.1. The van der Waals surface area contributed by atoms with Crippen LogP contribution in [0.5, 0.6) is 0 Å². The van der Waals surface area contributed by atoms with E-state index in [1.54, 1.807) is 13.8 Å². The van der Waals surface area contributed by atoms with E-state index >= 15 is 0 Å². The predicted molar refractivity (Wildman–Crippen MR) is 97.7 cm³/mol. The molecule has 4 nitrogen and oxygen atoms in total. The Bertz CT molecular complexity index is 652. The van der Waals surface area contributed by atoms with Gasteiger partial charge in [-0.3, -0.25) is 9.59 Å². The highest BCUT2D eigenvalue weighted by Gasteiger charge is 2.54. The molecule has 1 aliphatic rings. The fraction of sp³-hybridized carbons (Fsp3) is 0.429. The van der Waals surface area contributed by atoms with Gasteiger partial charge in [0, 0.05) is 0 Å². The van der Waals surface area contributed by atoms with Gasteiger partial charge in [-0.15, -0.1) is 0 Å². The summed E-state index contributed by atoms with van der Waals surface area (Å²) in [5.74, 6) is -0.987. The standard InChI is InChI=1S/C21H26O4/c1-4-10-17-14-21(19(22)24-5-2,20(23)25-6-3)15-18(17)13-16-11-8-7-9-12-16/h7-13H,4-6,14-15H2,1-3H3/b17-10+,18-13-. The molecule has 1 aromatic carbocycles. The highest BCUT2D eigenvalue weighted by Crippen LogP contribution is 2.47. The van der Waals surface area contributed by atoms with Gasteiger partial charge in [0.25, 0.3) is 0 Å². The maximum Gasteiger partial charge on any atom is 0.324 e. The first-order valence-corrected chi connectivity index (χ1v) is 8.86. The van der Waals surface area contributed by atoms with Gasteiger partial charge in [-0.25, -0.2) is 0 Å². The van der Waals surface area contributed by atoms with Gasteiger partial charge >= 0.3 is 11.9 Å². The van der Waals surface area contributed by atoms with E-state index in [1.807, 2.05) is 43.3 Å². The third-order valence-corrected chi connectivity index (χ3v) is 4.32. The van der Waals surface area contributed by atoms with Crippen LogP contribution in [0.15, 0.2) is 47.6 Å². The molecule has 0 radical (unpaired) electrons. The second-order valence-corrected chi connectivity index (χ2v) is 6.09. The quantitative estimate of drug-likeness (QED) is 0.571. The average Bonchev–Trinajstić information content (AvgIpc) is 2.96. The predicted octanol–water partition coefficient (Wildman–Crippen LogP) is 4.31. The van der Waals surface area contributed by atoms with Crippen molar-refractivity contribution in [1.29, 1.82) is 0 Å². The minimum Gasteiger partial charge on any atom is -0.465 e. The topological polar surface area (TPSA) is 52.6 Å². The van der Waals surface area contributed by atoms with E-state index in [2.05, 4.69) is 6.08 Å². The van der Waals surface area contributed by atoms with Crippen molar-refractivity contribution in [2.24, 2.45) is 5.41 Å². The van der Waals surface area contributed by atoms with Crippen molar-refractivity contribution in [3.05, 3.63) is 53.1 Å². The molecule has 0 amide bonds. The van der Waals surface area contributed by atoms with Gasteiger partial charge in [-0.1, -0.05) is 49.4 Å². The molecule has 1 aromatic rings. The third-order valence-electron chi connectivity index (χ3n) is 4.32. The molecule has 0 spiro atoms.